The van der Waals surface area contributed by atoms with Gasteiger partial charge < -0.3 is 10.0 Å². The molecule has 0 aromatic carbocycles. The lowest BCUT2D eigenvalue weighted by Crippen LogP contribution is -2.36. The molecule has 0 radical (unpaired) electrons. The standard InChI is InChI=1S/C13H18BrNO3S/c1-9(2)8-15(6-5-13(17)18)12(16)7-10-3-4-11(14)19-10/h3-4,9H,5-8H2,1-2H3,(H,17,18). The first-order valence-corrected chi connectivity index (χ1v) is 7.73. The number of carbonyl (C=O) groups is 2. The van der Waals surface area contributed by atoms with Crippen molar-refractivity contribution in [3.63, 3.8) is 0 Å². The van der Waals surface area contributed by atoms with E-state index in [1.165, 1.54) is 11.3 Å². The van der Waals surface area contributed by atoms with E-state index in [1.54, 1.807) is 4.90 Å². The maximum atomic E-state index is 12.2. The number of rotatable bonds is 7. The van der Waals surface area contributed by atoms with Crippen LogP contribution in [0, 0.1) is 5.92 Å². The van der Waals surface area contributed by atoms with E-state index in [-0.39, 0.29) is 18.9 Å². The first-order chi connectivity index (χ1) is 8.88. The van der Waals surface area contributed by atoms with Crippen LogP contribution in [0.3, 0.4) is 0 Å². The van der Waals surface area contributed by atoms with Crippen LogP contribution in [-0.4, -0.2) is 35.0 Å². The molecule has 1 N–H and O–H groups in total. The molecule has 1 aromatic heterocycles. The van der Waals surface area contributed by atoms with Gasteiger partial charge in [0, 0.05) is 18.0 Å². The van der Waals surface area contributed by atoms with E-state index in [9.17, 15) is 9.59 Å². The van der Waals surface area contributed by atoms with E-state index in [1.807, 2.05) is 26.0 Å². The molecule has 19 heavy (non-hydrogen) atoms. The monoisotopic (exact) mass is 347 g/mol. The van der Waals surface area contributed by atoms with Crippen LogP contribution in [0.4, 0.5) is 0 Å². The summed E-state index contributed by atoms with van der Waals surface area (Å²) in [6.07, 6.45) is 0.329. The van der Waals surface area contributed by atoms with E-state index < -0.39 is 5.97 Å². The van der Waals surface area contributed by atoms with Gasteiger partial charge in [-0.15, -0.1) is 11.3 Å². The van der Waals surface area contributed by atoms with Gasteiger partial charge in [-0.1, -0.05) is 13.8 Å². The Kier molecular flexibility index (Phi) is 6.51. The molecular weight excluding hydrogens is 330 g/mol. The Morgan fingerprint density at radius 2 is 2.11 bits per heavy atom. The fraction of sp³-hybridized carbons (Fsp3) is 0.538. The first kappa shape index (κ1) is 16.2. The number of hydrogen-bond donors (Lipinski definition) is 1. The van der Waals surface area contributed by atoms with Crippen molar-refractivity contribution in [1.82, 2.24) is 4.90 Å². The van der Waals surface area contributed by atoms with Gasteiger partial charge in [-0.25, -0.2) is 0 Å². The Hall–Kier alpha value is -0.880. The number of amides is 1. The number of halogens is 1. The molecule has 1 heterocycles. The minimum atomic E-state index is -0.875. The molecule has 0 spiro atoms. The van der Waals surface area contributed by atoms with Crippen molar-refractivity contribution in [2.24, 2.45) is 5.92 Å². The zero-order chi connectivity index (χ0) is 14.4. The van der Waals surface area contributed by atoms with Crippen LogP contribution in [0.2, 0.25) is 0 Å². The van der Waals surface area contributed by atoms with Gasteiger partial charge in [0.15, 0.2) is 0 Å². The third kappa shape index (κ3) is 6.20. The summed E-state index contributed by atoms with van der Waals surface area (Å²) >= 11 is 4.89. The predicted molar refractivity (Wildman–Crippen MR) is 79.4 cm³/mol. The van der Waals surface area contributed by atoms with Crippen molar-refractivity contribution in [3.05, 3.63) is 20.8 Å². The van der Waals surface area contributed by atoms with Crippen molar-refractivity contribution >= 4 is 39.1 Å². The molecule has 4 nitrogen and oxygen atoms in total. The molecule has 1 amide bonds. The van der Waals surface area contributed by atoms with Crippen LogP contribution in [0.1, 0.15) is 25.1 Å². The highest BCUT2D eigenvalue weighted by atomic mass is 79.9. The van der Waals surface area contributed by atoms with Crippen molar-refractivity contribution < 1.29 is 14.7 Å². The van der Waals surface area contributed by atoms with Crippen LogP contribution < -0.4 is 0 Å². The predicted octanol–water partition coefficient (Wildman–Crippen LogP) is 3.01. The lowest BCUT2D eigenvalue weighted by atomic mass is 10.2. The number of thiophene rings is 1. The second-order valence-electron chi connectivity index (χ2n) is 4.76. The van der Waals surface area contributed by atoms with Gasteiger partial charge in [-0.3, -0.25) is 9.59 Å². The molecule has 6 heteroatoms. The number of carbonyl (C=O) groups excluding carboxylic acids is 1. The normalized spacial score (nSPS) is 10.7. The molecule has 0 atom stereocenters. The van der Waals surface area contributed by atoms with Gasteiger partial charge in [0.05, 0.1) is 16.6 Å². The Morgan fingerprint density at radius 1 is 1.42 bits per heavy atom. The minimum Gasteiger partial charge on any atom is -0.481 e. The summed E-state index contributed by atoms with van der Waals surface area (Å²) in [6, 6.07) is 3.83. The zero-order valence-electron chi connectivity index (χ0n) is 11.1. The second kappa shape index (κ2) is 7.65. The van der Waals surface area contributed by atoms with Crippen molar-refractivity contribution in [2.75, 3.05) is 13.1 Å². The summed E-state index contributed by atoms with van der Waals surface area (Å²) in [7, 11) is 0. The smallest absolute Gasteiger partial charge is 0.305 e. The molecule has 0 aliphatic heterocycles. The summed E-state index contributed by atoms with van der Waals surface area (Å²) in [5, 5.41) is 8.73. The highest BCUT2D eigenvalue weighted by Crippen LogP contribution is 2.23. The summed E-state index contributed by atoms with van der Waals surface area (Å²) in [6.45, 7) is 4.91. The maximum Gasteiger partial charge on any atom is 0.305 e. The van der Waals surface area contributed by atoms with Crippen LogP contribution in [0.15, 0.2) is 15.9 Å². The number of nitrogens with zero attached hydrogens (tertiary/aromatic N) is 1. The number of carboxylic acids is 1. The zero-order valence-corrected chi connectivity index (χ0v) is 13.5. The highest BCUT2D eigenvalue weighted by Gasteiger charge is 2.17. The topological polar surface area (TPSA) is 57.6 Å². The van der Waals surface area contributed by atoms with Crippen molar-refractivity contribution in [2.45, 2.75) is 26.7 Å². The molecule has 0 aliphatic rings. The largest absolute Gasteiger partial charge is 0.481 e. The van der Waals surface area contributed by atoms with Crippen LogP contribution >= 0.6 is 27.3 Å². The number of carboxylic acid groups (broad SMARTS) is 1. The SMILES string of the molecule is CC(C)CN(CCC(=O)O)C(=O)Cc1ccc(Br)s1. The Balaban J connectivity index is 2.62. The molecule has 1 aromatic rings. The average molecular weight is 348 g/mol. The van der Waals surface area contributed by atoms with Crippen LogP contribution in [-0.2, 0) is 16.0 Å². The van der Waals surface area contributed by atoms with E-state index in [0.29, 0.717) is 18.9 Å². The quantitative estimate of drug-likeness (QED) is 0.824. The lowest BCUT2D eigenvalue weighted by molar-refractivity contribution is -0.138. The highest BCUT2D eigenvalue weighted by molar-refractivity contribution is 9.11. The van der Waals surface area contributed by atoms with Gasteiger partial charge in [-0.05, 0) is 34.0 Å². The third-order valence-electron chi connectivity index (χ3n) is 2.49. The molecule has 0 fully saturated rings. The molecule has 0 saturated heterocycles. The number of hydrogen-bond acceptors (Lipinski definition) is 3. The summed E-state index contributed by atoms with van der Waals surface area (Å²) in [5.41, 5.74) is 0. The van der Waals surface area contributed by atoms with Gasteiger partial charge in [0.25, 0.3) is 0 Å². The fourth-order valence-corrected chi connectivity index (χ4v) is 3.17. The van der Waals surface area contributed by atoms with E-state index in [2.05, 4.69) is 15.9 Å². The minimum absolute atomic E-state index is 0.00735. The van der Waals surface area contributed by atoms with E-state index >= 15 is 0 Å². The Labute approximate surface area is 125 Å². The van der Waals surface area contributed by atoms with Crippen LogP contribution in [0.5, 0.6) is 0 Å². The number of aliphatic carboxylic acids is 1. The molecule has 106 valence electrons. The van der Waals surface area contributed by atoms with Gasteiger partial charge >= 0.3 is 5.97 Å². The van der Waals surface area contributed by atoms with Gasteiger partial charge in [-0.2, -0.15) is 0 Å². The van der Waals surface area contributed by atoms with Gasteiger partial charge in [0.1, 0.15) is 0 Å². The second-order valence-corrected chi connectivity index (χ2v) is 7.31. The Morgan fingerprint density at radius 3 is 2.58 bits per heavy atom. The molecule has 0 aliphatic carbocycles. The first-order valence-electron chi connectivity index (χ1n) is 6.12. The maximum absolute atomic E-state index is 12.2. The molecular formula is C13H18BrNO3S. The molecule has 1 rings (SSSR count). The van der Waals surface area contributed by atoms with E-state index in [4.69, 9.17) is 5.11 Å². The molecule has 0 saturated carbocycles. The molecule has 0 unspecified atom stereocenters. The average Bonchev–Trinajstić information content (AvgIpc) is 2.69. The third-order valence-corrected chi connectivity index (χ3v) is 4.11. The fourth-order valence-electron chi connectivity index (χ4n) is 1.70. The van der Waals surface area contributed by atoms with Gasteiger partial charge in [0.2, 0.25) is 5.91 Å². The summed E-state index contributed by atoms with van der Waals surface area (Å²) < 4.78 is 0.997. The van der Waals surface area contributed by atoms with Crippen molar-refractivity contribution in [1.29, 1.82) is 0 Å². The summed E-state index contributed by atoms with van der Waals surface area (Å²) in [5.74, 6) is -0.558. The van der Waals surface area contributed by atoms with Crippen molar-refractivity contribution in [3.8, 4) is 0 Å². The summed E-state index contributed by atoms with van der Waals surface area (Å²) in [4.78, 5) is 25.5. The molecule has 0 bridgehead atoms. The van der Waals surface area contributed by atoms with E-state index in [0.717, 1.165) is 8.66 Å². The lowest BCUT2D eigenvalue weighted by Gasteiger charge is -2.23. The Bertz CT molecular complexity index is 445. The van der Waals surface area contributed by atoms with Crippen LogP contribution in [0.25, 0.3) is 0 Å².